The molecule has 0 spiro atoms. The number of anilines is 1. The molecule has 1 aromatic carbocycles. The first-order valence-corrected chi connectivity index (χ1v) is 6.60. The number of aromatic carboxylic acids is 2. The molecule has 7 heteroatoms. The van der Waals surface area contributed by atoms with Crippen LogP contribution >= 0.6 is 0 Å². The van der Waals surface area contributed by atoms with Crippen molar-refractivity contribution in [3.8, 4) is 0 Å². The van der Waals surface area contributed by atoms with Crippen LogP contribution in [0, 0.1) is 0 Å². The molecule has 0 bridgehead atoms. The second-order valence-corrected chi connectivity index (χ2v) is 4.50. The molecule has 0 aliphatic heterocycles. The summed E-state index contributed by atoms with van der Waals surface area (Å²) in [7, 11) is 0. The summed E-state index contributed by atoms with van der Waals surface area (Å²) in [6, 6.07) is 2.96. The summed E-state index contributed by atoms with van der Waals surface area (Å²) in [5.74, 6) is -2.52. The molecule has 1 rings (SSSR count). The molecule has 0 unspecified atom stereocenters. The zero-order chi connectivity index (χ0) is 15.8. The Morgan fingerprint density at radius 3 is 2.05 bits per heavy atom. The van der Waals surface area contributed by atoms with Gasteiger partial charge in [-0.1, -0.05) is 19.8 Å². The number of nitrogens with one attached hydrogen (secondary N) is 2. The van der Waals surface area contributed by atoms with Crippen molar-refractivity contribution >= 4 is 23.7 Å². The van der Waals surface area contributed by atoms with Crippen molar-refractivity contribution in [1.82, 2.24) is 5.32 Å². The van der Waals surface area contributed by atoms with Gasteiger partial charge in [0.1, 0.15) is 0 Å². The lowest BCUT2D eigenvalue weighted by molar-refractivity contribution is 0.0696. The van der Waals surface area contributed by atoms with Gasteiger partial charge in [-0.25, -0.2) is 14.4 Å². The number of urea groups is 1. The van der Waals surface area contributed by atoms with Crippen LogP contribution in [0.15, 0.2) is 18.2 Å². The van der Waals surface area contributed by atoms with Crippen molar-refractivity contribution in [2.45, 2.75) is 26.2 Å². The quantitative estimate of drug-likeness (QED) is 0.576. The van der Waals surface area contributed by atoms with E-state index < -0.39 is 18.0 Å². The van der Waals surface area contributed by atoms with Crippen LogP contribution in [0.2, 0.25) is 0 Å². The Balaban J connectivity index is 2.75. The summed E-state index contributed by atoms with van der Waals surface area (Å²) < 4.78 is 0. The third kappa shape index (κ3) is 5.52. The van der Waals surface area contributed by atoms with Gasteiger partial charge in [0.05, 0.1) is 11.1 Å². The fraction of sp³-hybridized carbons (Fsp3) is 0.357. The van der Waals surface area contributed by atoms with Gasteiger partial charge in [0.2, 0.25) is 0 Å². The minimum absolute atomic E-state index is 0.125. The van der Waals surface area contributed by atoms with E-state index in [9.17, 15) is 14.4 Å². The third-order valence-electron chi connectivity index (χ3n) is 2.75. The molecular weight excluding hydrogens is 276 g/mol. The zero-order valence-corrected chi connectivity index (χ0v) is 11.7. The molecule has 2 amide bonds. The standard InChI is InChI=1S/C14H18N2O5/c1-2-3-4-5-15-14(21)16-11-7-9(12(17)18)6-10(8-11)13(19)20/h6-8H,2-5H2,1H3,(H,17,18)(H,19,20)(H2,15,16,21). The first kappa shape index (κ1) is 16.5. The number of hydrogen-bond acceptors (Lipinski definition) is 3. The Kier molecular flexibility index (Phi) is 6.19. The lowest BCUT2D eigenvalue weighted by Gasteiger charge is -2.09. The summed E-state index contributed by atoms with van der Waals surface area (Å²) in [6.07, 6.45) is 2.88. The van der Waals surface area contributed by atoms with Crippen molar-refractivity contribution in [2.75, 3.05) is 11.9 Å². The topological polar surface area (TPSA) is 116 Å². The third-order valence-corrected chi connectivity index (χ3v) is 2.75. The number of unbranched alkanes of at least 4 members (excludes halogenated alkanes) is 2. The molecule has 0 heterocycles. The van der Waals surface area contributed by atoms with Crippen LogP contribution in [0.1, 0.15) is 46.9 Å². The van der Waals surface area contributed by atoms with Gasteiger partial charge in [-0.2, -0.15) is 0 Å². The van der Waals surface area contributed by atoms with Crippen LogP contribution in [0.5, 0.6) is 0 Å². The number of carboxylic acid groups (broad SMARTS) is 2. The van der Waals surface area contributed by atoms with E-state index in [-0.39, 0.29) is 16.8 Å². The molecule has 0 radical (unpaired) electrons. The van der Waals surface area contributed by atoms with E-state index >= 15 is 0 Å². The molecule has 0 aromatic heterocycles. The van der Waals surface area contributed by atoms with Gasteiger partial charge in [-0.15, -0.1) is 0 Å². The molecule has 7 nitrogen and oxygen atoms in total. The largest absolute Gasteiger partial charge is 0.478 e. The Morgan fingerprint density at radius 1 is 1.00 bits per heavy atom. The second-order valence-electron chi connectivity index (χ2n) is 4.50. The van der Waals surface area contributed by atoms with E-state index in [1.54, 1.807) is 0 Å². The SMILES string of the molecule is CCCCCNC(=O)Nc1cc(C(=O)O)cc(C(=O)O)c1. The second kappa shape index (κ2) is 7.88. The Bertz CT molecular complexity index is 510. The van der Waals surface area contributed by atoms with Gasteiger partial charge in [0.25, 0.3) is 0 Å². The molecular formula is C14H18N2O5. The van der Waals surface area contributed by atoms with Gasteiger partial charge in [0.15, 0.2) is 0 Å². The first-order chi connectivity index (χ1) is 9.93. The molecule has 114 valence electrons. The van der Waals surface area contributed by atoms with Crippen LogP contribution in [0.3, 0.4) is 0 Å². The lowest BCUT2D eigenvalue weighted by Crippen LogP contribution is -2.29. The molecule has 21 heavy (non-hydrogen) atoms. The minimum Gasteiger partial charge on any atom is -0.478 e. The monoisotopic (exact) mass is 294 g/mol. The summed E-state index contributed by atoms with van der Waals surface area (Å²) in [5.41, 5.74) is -0.271. The fourth-order valence-electron chi connectivity index (χ4n) is 1.70. The number of amides is 2. The fourth-order valence-corrected chi connectivity index (χ4v) is 1.70. The molecule has 0 saturated heterocycles. The van der Waals surface area contributed by atoms with E-state index in [2.05, 4.69) is 10.6 Å². The average Bonchev–Trinajstić information content (AvgIpc) is 2.43. The maximum Gasteiger partial charge on any atom is 0.335 e. The number of rotatable bonds is 7. The Hall–Kier alpha value is -2.57. The van der Waals surface area contributed by atoms with E-state index in [1.807, 2.05) is 6.92 Å². The maximum absolute atomic E-state index is 11.6. The van der Waals surface area contributed by atoms with Crippen molar-refractivity contribution in [1.29, 1.82) is 0 Å². The molecule has 0 aliphatic carbocycles. The first-order valence-electron chi connectivity index (χ1n) is 6.60. The summed E-state index contributed by atoms with van der Waals surface area (Å²) in [5, 5.41) is 22.9. The van der Waals surface area contributed by atoms with Crippen molar-refractivity contribution in [3.63, 3.8) is 0 Å². The smallest absolute Gasteiger partial charge is 0.335 e. The summed E-state index contributed by atoms with van der Waals surface area (Å²) in [6.45, 7) is 2.55. The van der Waals surface area contributed by atoms with Gasteiger partial charge < -0.3 is 20.8 Å². The van der Waals surface area contributed by atoms with Gasteiger partial charge in [0, 0.05) is 12.2 Å². The van der Waals surface area contributed by atoms with Gasteiger partial charge in [-0.05, 0) is 24.6 Å². The van der Waals surface area contributed by atoms with Crippen molar-refractivity contribution in [2.24, 2.45) is 0 Å². The zero-order valence-electron chi connectivity index (χ0n) is 11.7. The normalized spacial score (nSPS) is 9.95. The van der Waals surface area contributed by atoms with Crippen LogP contribution in [-0.2, 0) is 0 Å². The van der Waals surface area contributed by atoms with Crippen LogP contribution in [0.25, 0.3) is 0 Å². The highest BCUT2D eigenvalue weighted by Gasteiger charge is 2.12. The minimum atomic E-state index is -1.26. The van der Waals surface area contributed by atoms with Gasteiger partial charge >= 0.3 is 18.0 Å². The highest BCUT2D eigenvalue weighted by molar-refractivity contribution is 5.98. The van der Waals surface area contributed by atoms with Gasteiger partial charge in [-0.3, -0.25) is 0 Å². The maximum atomic E-state index is 11.6. The number of hydrogen-bond donors (Lipinski definition) is 4. The highest BCUT2D eigenvalue weighted by Crippen LogP contribution is 2.15. The number of carbonyl (C=O) groups is 3. The van der Waals surface area contributed by atoms with E-state index in [4.69, 9.17) is 10.2 Å². The molecule has 1 aromatic rings. The Morgan fingerprint density at radius 2 is 1.57 bits per heavy atom. The molecule has 4 N–H and O–H groups in total. The molecule has 0 aliphatic rings. The number of carboxylic acids is 2. The number of carbonyl (C=O) groups excluding carboxylic acids is 1. The summed E-state index contributed by atoms with van der Waals surface area (Å²) in [4.78, 5) is 33.5. The van der Waals surface area contributed by atoms with Crippen LogP contribution in [-0.4, -0.2) is 34.7 Å². The predicted molar refractivity (Wildman–Crippen MR) is 76.9 cm³/mol. The molecule has 0 saturated carbocycles. The summed E-state index contributed by atoms with van der Waals surface area (Å²) >= 11 is 0. The molecule has 0 atom stereocenters. The van der Waals surface area contributed by atoms with E-state index in [0.717, 1.165) is 25.3 Å². The van der Waals surface area contributed by atoms with E-state index in [1.165, 1.54) is 12.1 Å². The number of benzene rings is 1. The predicted octanol–water partition coefficient (Wildman–Crippen LogP) is 2.39. The lowest BCUT2D eigenvalue weighted by atomic mass is 10.1. The van der Waals surface area contributed by atoms with Crippen LogP contribution < -0.4 is 10.6 Å². The molecule has 0 fully saturated rings. The Labute approximate surface area is 122 Å². The van der Waals surface area contributed by atoms with Crippen LogP contribution in [0.4, 0.5) is 10.5 Å². The van der Waals surface area contributed by atoms with E-state index in [0.29, 0.717) is 6.54 Å². The van der Waals surface area contributed by atoms with Crippen molar-refractivity contribution in [3.05, 3.63) is 29.3 Å². The van der Waals surface area contributed by atoms with Crippen molar-refractivity contribution < 1.29 is 24.6 Å². The average molecular weight is 294 g/mol. The highest BCUT2D eigenvalue weighted by atomic mass is 16.4.